The first kappa shape index (κ1) is 12.7. The lowest BCUT2D eigenvalue weighted by atomic mass is 10.1. The van der Waals surface area contributed by atoms with Crippen molar-refractivity contribution in [3.63, 3.8) is 0 Å². The summed E-state index contributed by atoms with van der Waals surface area (Å²) in [6.07, 6.45) is -1.20. The van der Waals surface area contributed by atoms with Crippen molar-refractivity contribution in [1.29, 1.82) is 0 Å². The minimum Gasteiger partial charge on any atom is -0.479 e. The molecule has 4 nitrogen and oxygen atoms in total. The fraction of sp³-hybridized carbons (Fsp3) is 0.417. The molecule has 0 heterocycles. The average molecular weight is 224 g/mol. The standard InChI is InChI=1S/C12H16O4/c1-9(8-15-2)16-11(12(13)14)10-6-4-3-5-7-10/h3-7,9,11H,8H2,1-2H3,(H,13,14). The van der Waals surface area contributed by atoms with Gasteiger partial charge < -0.3 is 14.6 Å². The van der Waals surface area contributed by atoms with Crippen LogP contribution in [0.1, 0.15) is 18.6 Å². The van der Waals surface area contributed by atoms with Crippen LogP contribution in [0.4, 0.5) is 0 Å². The van der Waals surface area contributed by atoms with Crippen molar-refractivity contribution in [1.82, 2.24) is 0 Å². The van der Waals surface area contributed by atoms with Crippen molar-refractivity contribution in [2.75, 3.05) is 13.7 Å². The second-order valence-corrected chi connectivity index (χ2v) is 3.53. The fourth-order valence-corrected chi connectivity index (χ4v) is 1.41. The van der Waals surface area contributed by atoms with Crippen LogP contribution in [-0.4, -0.2) is 30.9 Å². The van der Waals surface area contributed by atoms with Gasteiger partial charge in [0, 0.05) is 7.11 Å². The number of benzene rings is 1. The minimum absolute atomic E-state index is 0.258. The molecule has 0 amide bonds. The second-order valence-electron chi connectivity index (χ2n) is 3.53. The van der Waals surface area contributed by atoms with Gasteiger partial charge in [-0.1, -0.05) is 30.3 Å². The largest absolute Gasteiger partial charge is 0.479 e. The Bertz CT molecular complexity index is 323. The third kappa shape index (κ3) is 3.64. The van der Waals surface area contributed by atoms with E-state index in [4.69, 9.17) is 14.6 Å². The topological polar surface area (TPSA) is 55.8 Å². The summed E-state index contributed by atoms with van der Waals surface area (Å²) in [5.74, 6) is -0.992. The molecule has 0 spiro atoms. The Kier molecular flexibility index (Phi) is 4.95. The third-order valence-corrected chi connectivity index (χ3v) is 2.10. The first-order valence-corrected chi connectivity index (χ1v) is 5.07. The van der Waals surface area contributed by atoms with Gasteiger partial charge in [-0.05, 0) is 12.5 Å². The lowest BCUT2D eigenvalue weighted by Gasteiger charge is -2.18. The molecular formula is C12H16O4. The molecule has 0 aliphatic rings. The highest BCUT2D eigenvalue weighted by molar-refractivity contribution is 5.74. The Balaban J connectivity index is 2.73. The van der Waals surface area contributed by atoms with Gasteiger partial charge in [-0.3, -0.25) is 0 Å². The van der Waals surface area contributed by atoms with Crippen molar-refractivity contribution in [2.45, 2.75) is 19.1 Å². The number of hydrogen-bond acceptors (Lipinski definition) is 3. The molecule has 16 heavy (non-hydrogen) atoms. The molecule has 1 rings (SSSR count). The molecule has 1 N–H and O–H groups in total. The molecule has 0 saturated heterocycles. The average Bonchev–Trinajstić information content (AvgIpc) is 2.27. The summed E-state index contributed by atoms with van der Waals surface area (Å²) < 4.78 is 10.3. The minimum atomic E-state index is -0.992. The number of aliphatic carboxylic acids is 1. The van der Waals surface area contributed by atoms with E-state index in [0.717, 1.165) is 0 Å². The molecular weight excluding hydrogens is 208 g/mol. The number of carboxylic acid groups (broad SMARTS) is 1. The van der Waals surface area contributed by atoms with Crippen molar-refractivity contribution in [3.8, 4) is 0 Å². The smallest absolute Gasteiger partial charge is 0.337 e. The maximum atomic E-state index is 11.1. The van der Waals surface area contributed by atoms with E-state index in [9.17, 15) is 4.79 Å². The molecule has 0 aliphatic carbocycles. The maximum absolute atomic E-state index is 11.1. The molecule has 4 heteroatoms. The van der Waals surface area contributed by atoms with E-state index in [1.807, 2.05) is 6.07 Å². The zero-order chi connectivity index (χ0) is 12.0. The van der Waals surface area contributed by atoms with Crippen molar-refractivity contribution >= 4 is 5.97 Å². The molecule has 88 valence electrons. The van der Waals surface area contributed by atoms with E-state index in [-0.39, 0.29) is 6.10 Å². The van der Waals surface area contributed by atoms with Gasteiger partial charge in [-0.25, -0.2) is 4.79 Å². The summed E-state index contributed by atoms with van der Waals surface area (Å²) in [4.78, 5) is 11.1. The van der Waals surface area contributed by atoms with Gasteiger partial charge in [-0.2, -0.15) is 0 Å². The van der Waals surface area contributed by atoms with Gasteiger partial charge >= 0.3 is 5.97 Å². The van der Waals surface area contributed by atoms with E-state index < -0.39 is 12.1 Å². The fourth-order valence-electron chi connectivity index (χ4n) is 1.41. The number of ether oxygens (including phenoxy) is 2. The Morgan fingerprint density at radius 1 is 1.38 bits per heavy atom. The maximum Gasteiger partial charge on any atom is 0.337 e. The summed E-state index contributed by atoms with van der Waals surface area (Å²) in [6.45, 7) is 2.15. The highest BCUT2D eigenvalue weighted by Gasteiger charge is 2.22. The van der Waals surface area contributed by atoms with Crippen LogP contribution in [-0.2, 0) is 14.3 Å². The summed E-state index contributed by atoms with van der Waals surface area (Å²) in [5, 5.41) is 9.08. The molecule has 0 aromatic heterocycles. The quantitative estimate of drug-likeness (QED) is 0.801. The van der Waals surface area contributed by atoms with E-state index in [1.165, 1.54) is 0 Å². The van der Waals surface area contributed by atoms with E-state index in [2.05, 4.69) is 0 Å². The third-order valence-electron chi connectivity index (χ3n) is 2.10. The van der Waals surface area contributed by atoms with Gasteiger partial charge in [0.15, 0.2) is 6.10 Å². The molecule has 2 unspecified atom stereocenters. The molecule has 2 atom stereocenters. The molecule has 1 aromatic rings. The SMILES string of the molecule is COCC(C)OC(C(=O)O)c1ccccc1. The van der Waals surface area contributed by atoms with Crippen LogP contribution in [0.2, 0.25) is 0 Å². The molecule has 0 radical (unpaired) electrons. The zero-order valence-corrected chi connectivity index (χ0v) is 9.42. The number of carboxylic acids is 1. The number of rotatable bonds is 6. The number of methoxy groups -OCH3 is 1. The Hall–Kier alpha value is -1.39. The van der Waals surface area contributed by atoms with Crippen LogP contribution in [0.5, 0.6) is 0 Å². The highest BCUT2D eigenvalue weighted by Crippen LogP contribution is 2.19. The lowest BCUT2D eigenvalue weighted by molar-refractivity contribution is -0.156. The van der Waals surface area contributed by atoms with Gasteiger partial charge in [0.2, 0.25) is 0 Å². The lowest BCUT2D eigenvalue weighted by Crippen LogP contribution is -2.23. The molecule has 0 fully saturated rings. The van der Waals surface area contributed by atoms with Crippen molar-refractivity contribution in [3.05, 3.63) is 35.9 Å². The van der Waals surface area contributed by atoms with Gasteiger partial charge in [0.05, 0.1) is 12.7 Å². The van der Waals surface area contributed by atoms with Crippen LogP contribution in [0, 0.1) is 0 Å². The monoisotopic (exact) mass is 224 g/mol. The predicted molar refractivity (Wildman–Crippen MR) is 59.2 cm³/mol. The predicted octanol–water partition coefficient (Wildman–Crippen LogP) is 1.86. The zero-order valence-electron chi connectivity index (χ0n) is 9.42. The van der Waals surface area contributed by atoms with Crippen LogP contribution in [0.15, 0.2) is 30.3 Å². The van der Waals surface area contributed by atoms with Gasteiger partial charge in [0.25, 0.3) is 0 Å². The van der Waals surface area contributed by atoms with Crippen LogP contribution in [0.25, 0.3) is 0 Å². The van der Waals surface area contributed by atoms with Crippen molar-refractivity contribution in [2.24, 2.45) is 0 Å². The molecule has 0 saturated carbocycles. The van der Waals surface area contributed by atoms with Gasteiger partial charge in [0.1, 0.15) is 0 Å². The molecule has 0 aliphatic heterocycles. The van der Waals surface area contributed by atoms with E-state index in [1.54, 1.807) is 38.3 Å². The Morgan fingerprint density at radius 2 is 2.00 bits per heavy atom. The van der Waals surface area contributed by atoms with Crippen LogP contribution >= 0.6 is 0 Å². The van der Waals surface area contributed by atoms with E-state index in [0.29, 0.717) is 12.2 Å². The van der Waals surface area contributed by atoms with Crippen LogP contribution in [0.3, 0.4) is 0 Å². The first-order valence-electron chi connectivity index (χ1n) is 5.07. The number of carbonyl (C=O) groups is 1. The van der Waals surface area contributed by atoms with Crippen molar-refractivity contribution < 1.29 is 19.4 Å². The van der Waals surface area contributed by atoms with Gasteiger partial charge in [-0.15, -0.1) is 0 Å². The van der Waals surface area contributed by atoms with E-state index >= 15 is 0 Å². The Labute approximate surface area is 94.8 Å². The second kappa shape index (κ2) is 6.25. The van der Waals surface area contributed by atoms with Crippen LogP contribution < -0.4 is 0 Å². The summed E-state index contributed by atoms with van der Waals surface area (Å²) in [7, 11) is 1.55. The molecule has 1 aromatic carbocycles. The normalized spacial score (nSPS) is 14.4. The first-order chi connectivity index (χ1) is 7.65. The summed E-state index contributed by atoms with van der Waals surface area (Å²) >= 11 is 0. The summed E-state index contributed by atoms with van der Waals surface area (Å²) in [6, 6.07) is 8.88. The Morgan fingerprint density at radius 3 is 2.50 bits per heavy atom. The number of hydrogen-bond donors (Lipinski definition) is 1. The highest BCUT2D eigenvalue weighted by atomic mass is 16.5. The molecule has 0 bridgehead atoms. The summed E-state index contributed by atoms with van der Waals surface area (Å²) in [5.41, 5.74) is 0.637.